The van der Waals surface area contributed by atoms with Gasteiger partial charge in [-0.1, -0.05) is 24.3 Å². The molecule has 0 radical (unpaired) electrons. The third-order valence-electron chi connectivity index (χ3n) is 5.45. The van der Waals surface area contributed by atoms with Crippen molar-refractivity contribution >= 4 is 21.7 Å². The minimum atomic E-state index is -4.39. The van der Waals surface area contributed by atoms with Crippen LogP contribution >= 0.6 is 0 Å². The molecule has 1 aromatic heterocycles. The van der Waals surface area contributed by atoms with Crippen LogP contribution in [-0.4, -0.2) is 18.6 Å². The molecule has 0 bridgehead atoms. The van der Waals surface area contributed by atoms with Crippen molar-refractivity contribution in [3.05, 3.63) is 65.7 Å². The van der Waals surface area contributed by atoms with Crippen LogP contribution in [0.1, 0.15) is 24.0 Å². The van der Waals surface area contributed by atoms with Crippen molar-refractivity contribution in [1.29, 1.82) is 0 Å². The SMILES string of the molecule is COc1cc2ccccc2cc1-c1[nH]c2ccc(C(F)(F)F)cc2c1CCCCN. The Kier molecular flexibility index (Phi) is 5.43. The number of aromatic amines is 1. The van der Waals surface area contributed by atoms with Crippen LogP contribution in [0.5, 0.6) is 5.75 Å². The van der Waals surface area contributed by atoms with E-state index < -0.39 is 11.7 Å². The Hall–Kier alpha value is -2.99. The highest BCUT2D eigenvalue weighted by Crippen LogP contribution is 2.40. The van der Waals surface area contributed by atoms with Gasteiger partial charge in [0.25, 0.3) is 0 Å². The van der Waals surface area contributed by atoms with Crippen molar-refractivity contribution in [2.75, 3.05) is 13.7 Å². The number of benzene rings is 3. The third kappa shape index (κ3) is 3.75. The zero-order chi connectivity index (χ0) is 21.3. The first kappa shape index (κ1) is 20.3. The Morgan fingerprint density at radius 1 is 0.967 bits per heavy atom. The molecular formula is C24H23F3N2O. The van der Waals surface area contributed by atoms with Gasteiger partial charge in [0.15, 0.2) is 0 Å². The maximum Gasteiger partial charge on any atom is 0.416 e. The van der Waals surface area contributed by atoms with Crippen LogP contribution in [0.15, 0.2) is 54.6 Å². The van der Waals surface area contributed by atoms with E-state index in [1.807, 2.05) is 36.4 Å². The highest BCUT2D eigenvalue weighted by molar-refractivity contribution is 5.96. The number of unbranched alkanes of at least 4 members (excludes halogenated alkanes) is 1. The van der Waals surface area contributed by atoms with E-state index in [9.17, 15) is 13.2 Å². The lowest BCUT2D eigenvalue weighted by Crippen LogP contribution is -2.04. The maximum atomic E-state index is 13.3. The van der Waals surface area contributed by atoms with Crippen LogP contribution in [0.25, 0.3) is 32.9 Å². The number of nitrogens with two attached hydrogens (primary N) is 1. The zero-order valence-electron chi connectivity index (χ0n) is 16.6. The lowest BCUT2D eigenvalue weighted by Gasteiger charge is -2.12. The van der Waals surface area contributed by atoms with Gasteiger partial charge in [-0.25, -0.2) is 0 Å². The van der Waals surface area contributed by atoms with E-state index in [0.29, 0.717) is 29.6 Å². The molecule has 0 spiro atoms. The van der Waals surface area contributed by atoms with Gasteiger partial charge >= 0.3 is 6.18 Å². The molecule has 3 aromatic carbocycles. The number of ether oxygens (including phenoxy) is 1. The molecule has 6 heteroatoms. The molecular weight excluding hydrogens is 389 g/mol. The van der Waals surface area contributed by atoms with E-state index >= 15 is 0 Å². The Morgan fingerprint density at radius 3 is 2.37 bits per heavy atom. The second-order valence-corrected chi connectivity index (χ2v) is 7.38. The third-order valence-corrected chi connectivity index (χ3v) is 5.45. The van der Waals surface area contributed by atoms with E-state index in [4.69, 9.17) is 10.5 Å². The van der Waals surface area contributed by atoms with Crippen molar-refractivity contribution in [2.45, 2.75) is 25.4 Å². The Balaban J connectivity index is 1.95. The smallest absolute Gasteiger partial charge is 0.416 e. The highest BCUT2D eigenvalue weighted by atomic mass is 19.4. The van der Waals surface area contributed by atoms with Gasteiger partial charge < -0.3 is 15.5 Å². The van der Waals surface area contributed by atoms with Crippen molar-refractivity contribution in [1.82, 2.24) is 4.98 Å². The molecule has 4 aromatic rings. The molecule has 0 aliphatic heterocycles. The highest BCUT2D eigenvalue weighted by Gasteiger charge is 2.31. The maximum absolute atomic E-state index is 13.3. The molecule has 1 heterocycles. The predicted molar refractivity (Wildman–Crippen MR) is 115 cm³/mol. The molecule has 0 fully saturated rings. The van der Waals surface area contributed by atoms with Crippen LogP contribution in [-0.2, 0) is 12.6 Å². The number of aromatic nitrogens is 1. The summed E-state index contributed by atoms with van der Waals surface area (Å²) in [5.41, 5.74) is 8.16. The number of aryl methyl sites for hydroxylation is 1. The predicted octanol–water partition coefficient (Wildman–Crippen LogP) is 6.30. The van der Waals surface area contributed by atoms with Crippen LogP contribution in [0.2, 0.25) is 0 Å². The molecule has 0 amide bonds. The Morgan fingerprint density at radius 2 is 1.70 bits per heavy atom. The van der Waals surface area contributed by atoms with E-state index in [-0.39, 0.29) is 0 Å². The quantitative estimate of drug-likeness (QED) is 0.365. The summed E-state index contributed by atoms with van der Waals surface area (Å²) in [4.78, 5) is 3.35. The van der Waals surface area contributed by atoms with Gasteiger partial charge in [0, 0.05) is 16.5 Å². The fourth-order valence-electron chi connectivity index (χ4n) is 3.94. The summed E-state index contributed by atoms with van der Waals surface area (Å²) in [5, 5.41) is 2.67. The van der Waals surface area contributed by atoms with E-state index in [1.165, 1.54) is 12.1 Å². The standard InChI is InChI=1S/C24H23F3N2O/c1-30-22-13-16-7-3-2-6-15(16)12-20(22)23-18(8-4-5-11-28)19-14-17(24(25,26)27)9-10-21(19)29-23/h2-3,6-7,9-10,12-14,29H,4-5,8,11,28H2,1H3. The van der Waals surface area contributed by atoms with Crippen molar-refractivity contribution < 1.29 is 17.9 Å². The van der Waals surface area contributed by atoms with Crippen LogP contribution in [0.3, 0.4) is 0 Å². The van der Waals surface area contributed by atoms with Gasteiger partial charge in [-0.3, -0.25) is 0 Å². The molecule has 0 atom stereocenters. The van der Waals surface area contributed by atoms with Gasteiger partial charge in [0.2, 0.25) is 0 Å². The molecule has 0 unspecified atom stereocenters. The van der Waals surface area contributed by atoms with Crippen molar-refractivity contribution in [2.24, 2.45) is 5.73 Å². The zero-order valence-corrected chi connectivity index (χ0v) is 16.6. The monoisotopic (exact) mass is 412 g/mol. The van der Waals surface area contributed by atoms with Crippen molar-refractivity contribution in [3.63, 3.8) is 0 Å². The minimum Gasteiger partial charge on any atom is -0.496 e. The second-order valence-electron chi connectivity index (χ2n) is 7.38. The van der Waals surface area contributed by atoms with Gasteiger partial charge in [0.1, 0.15) is 5.75 Å². The van der Waals surface area contributed by atoms with Crippen LogP contribution in [0.4, 0.5) is 13.2 Å². The first-order valence-corrected chi connectivity index (χ1v) is 9.91. The molecule has 30 heavy (non-hydrogen) atoms. The molecule has 4 rings (SSSR count). The van der Waals surface area contributed by atoms with Gasteiger partial charge in [-0.15, -0.1) is 0 Å². The number of hydrogen-bond donors (Lipinski definition) is 2. The summed E-state index contributed by atoms with van der Waals surface area (Å²) in [5.74, 6) is 0.677. The van der Waals surface area contributed by atoms with Gasteiger partial charge in [-0.05, 0) is 72.5 Å². The second kappa shape index (κ2) is 8.03. The van der Waals surface area contributed by atoms with E-state index in [0.717, 1.165) is 46.5 Å². The lowest BCUT2D eigenvalue weighted by molar-refractivity contribution is -0.137. The molecule has 3 N–H and O–H groups in total. The minimum absolute atomic E-state index is 0.546. The molecule has 0 aliphatic rings. The normalized spacial score (nSPS) is 12.0. The fourth-order valence-corrected chi connectivity index (χ4v) is 3.94. The average molecular weight is 412 g/mol. The number of H-pyrrole nitrogens is 1. The summed E-state index contributed by atoms with van der Waals surface area (Å²) in [6.45, 7) is 0.546. The number of nitrogens with one attached hydrogen (secondary N) is 1. The number of halogens is 3. The fraction of sp³-hybridized carbons (Fsp3) is 0.250. The molecule has 3 nitrogen and oxygen atoms in total. The first-order valence-electron chi connectivity index (χ1n) is 9.91. The van der Waals surface area contributed by atoms with Gasteiger partial charge in [-0.2, -0.15) is 13.2 Å². The van der Waals surface area contributed by atoms with E-state index in [2.05, 4.69) is 4.98 Å². The topological polar surface area (TPSA) is 51.0 Å². The summed E-state index contributed by atoms with van der Waals surface area (Å²) < 4.78 is 45.6. The summed E-state index contributed by atoms with van der Waals surface area (Å²) in [6, 6.07) is 15.8. The number of rotatable bonds is 6. The van der Waals surface area contributed by atoms with Crippen molar-refractivity contribution in [3.8, 4) is 17.0 Å². The van der Waals surface area contributed by atoms with Crippen LogP contribution in [0, 0.1) is 0 Å². The lowest BCUT2D eigenvalue weighted by atomic mass is 9.97. The van der Waals surface area contributed by atoms with E-state index in [1.54, 1.807) is 7.11 Å². The van der Waals surface area contributed by atoms with Gasteiger partial charge in [0.05, 0.1) is 18.4 Å². The number of alkyl halides is 3. The molecule has 156 valence electrons. The number of hydrogen-bond acceptors (Lipinski definition) is 2. The Bertz CT molecular complexity index is 1190. The van der Waals surface area contributed by atoms with Crippen LogP contribution < -0.4 is 10.5 Å². The largest absolute Gasteiger partial charge is 0.496 e. The average Bonchev–Trinajstić information content (AvgIpc) is 3.10. The number of fused-ring (bicyclic) bond motifs is 2. The molecule has 0 saturated heterocycles. The number of methoxy groups -OCH3 is 1. The Labute approximate surface area is 172 Å². The summed E-state index contributed by atoms with van der Waals surface area (Å²) in [7, 11) is 1.60. The first-order chi connectivity index (χ1) is 14.4. The molecule has 0 saturated carbocycles. The molecule has 0 aliphatic carbocycles. The summed E-state index contributed by atoms with van der Waals surface area (Å²) in [6.07, 6.45) is -2.16. The summed E-state index contributed by atoms with van der Waals surface area (Å²) >= 11 is 0.